The van der Waals surface area contributed by atoms with Crippen molar-refractivity contribution >= 4 is 17.9 Å². The molecule has 0 aromatic heterocycles. The van der Waals surface area contributed by atoms with Gasteiger partial charge in [-0.05, 0) is 116 Å². The fourth-order valence-electron chi connectivity index (χ4n) is 9.13. The lowest BCUT2D eigenvalue weighted by molar-refractivity contribution is -0.167. The first-order valence-electron chi connectivity index (χ1n) is 32.7. The maximum Gasteiger partial charge on any atom is 0.306 e. The van der Waals surface area contributed by atoms with Gasteiger partial charge in [-0.3, -0.25) is 14.4 Å². The Morgan fingerprint density at radius 2 is 0.519 bits per heavy atom. The molecule has 0 fully saturated rings. The predicted molar refractivity (Wildman–Crippen MR) is 334 cm³/mol. The van der Waals surface area contributed by atoms with Crippen molar-refractivity contribution in [2.75, 3.05) is 13.2 Å². The third-order valence-corrected chi connectivity index (χ3v) is 14.0. The van der Waals surface area contributed by atoms with E-state index >= 15 is 0 Å². The van der Waals surface area contributed by atoms with Crippen LogP contribution < -0.4 is 0 Å². The molecule has 0 saturated heterocycles. The number of carbonyl (C=O) groups is 3. The molecule has 0 bridgehead atoms. The molecule has 1 unspecified atom stereocenters. The van der Waals surface area contributed by atoms with Crippen molar-refractivity contribution in [1.82, 2.24) is 0 Å². The molecule has 1 atom stereocenters. The van der Waals surface area contributed by atoms with Gasteiger partial charge in [-0.2, -0.15) is 0 Å². The van der Waals surface area contributed by atoms with Crippen LogP contribution in [0.4, 0.5) is 0 Å². The van der Waals surface area contributed by atoms with E-state index in [1.54, 1.807) is 0 Å². The van der Waals surface area contributed by atoms with Crippen LogP contribution in [-0.4, -0.2) is 37.2 Å². The molecule has 77 heavy (non-hydrogen) atoms. The summed E-state index contributed by atoms with van der Waals surface area (Å²) in [5, 5.41) is 0. The fourth-order valence-corrected chi connectivity index (χ4v) is 9.13. The highest BCUT2D eigenvalue weighted by Crippen LogP contribution is 2.16. The van der Waals surface area contributed by atoms with E-state index in [0.29, 0.717) is 19.3 Å². The summed E-state index contributed by atoms with van der Waals surface area (Å²) in [6, 6.07) is 0. The van der Waals surface area contributed by atoms with Crippen molar-refractivity contribution in [2.24, 2.45) is 0 Å². The lowest BCUT2D eigenvalue weighted by Crippen LogP contribution is -2.30. The molecular formula is C71H122O6. The number of carbonyl (C=O) groups excluding carboxylic acids is 3. The number of rotatable bonds is 59. The van der Waals surface area contributed by atoms with Gasteiger partial charge in [0, 0.05) is 19.3 Å². The van der Waals surface area contributed by atoms with Gasteiger partial charge < -0.3 is 14.2 Å². The summed E-state index contributed by atoms with van der Waals surface area (Å²) in [6.45, 7) is 6.49. The van der Waals surface area contributed by atoms with E-state index in [9.17, 15) is 14.4 Å². The van der Waals surface area contributed by atoms with Crippen molar-refractivity contribution in [1.29, 1.82) is 0 Å². The molecule has 6 heteroatoms. The maximum absolute atomic E-state index is 12.9. The fraction of sp³-hybridized carbons (Fsp3) is 0.732. The van der Waals surface area contributed by atoms with Gasteiger partial charge in [0.25, 0.3) is 0 Å². The Bertz CT molecular complexity index is 1510. The average Bonchev–Trinajstić information content (AvgIpc) is 3.43. The third-order valence-electron chi connectivity index (χ3n) is 14.0. The van der Waals surface area contributed by atoms with Crippen LogP contribution in [0.5, 0.6) is 0 Å². The lowest BCUT2D eigenvalue weighted by atomic mass is 10.0. The van der Waals surface area contributed by atoms with E-state index in [1.807, 2.05) is 0 Å². The smallest absolute Gasteiger partial charge is 0.306 e. The Labute approximate surface area is 477 Å². The van der Waals surface area contributed by atoms with E-state index in [0.717, 1.165) is 109 Å². The molecule has 0 rings (SSSR count). The molecule has 0 saturated carbocycles. The Morgan fingerprint density at radius 1 is 0.273 bits per heavy atom. The zero-order chi connectivity index (χ0) is 55.7. The lowest BCUT2D eigenvalue weighted by Gasteiger charge is -2.18. The van der Waals surface area contributed by atoms with Crippen LogP contribution in [0.2, 0.25) is 0 Å². The van der Waals surface area contributed by atoms with E-state index in [2.05, 4.69) is 118 Å². The maximum atomic E-state index is 12.9. The standard InChI is InChI=1S/C71H122O6/c1-4-7-10-13-16-19-22-25-28-30-32-33-34-35-36-37-38-39-40-42-43-46-49-52-55-58-61-64-70(73)76-67-68(66-75-69(72)63-60-57-54-51-48-45-27-24-21-18-15-12-9-6-3)77-71(74)65-62-59-56-53-50-47-44-41-31-29-26-23-20-17-14-11-8-5-2/h7,10,15-16,18-19,24-25,27-29,31-33,35-36,68H,4-6,8-9,11-14,17,20-23,26,30,34,37-67H2,1-3H3/b10-7-,18-15-,19-16-,27-24-,28-25-,31-29-,33-32-,36-35-. The molecule has 0 spiro atoms. The van der Waals surface area contributed by atoms with Crippen LogP contribution in [0.1, 0.15) is 316 Å². The highest BCUT2D eigenvalue weighted by Gasteiger charge is 2.19. The summed E-state index contributed by atoms with van der Waals surface area (Å²) in [6.07, 6.45) is 87.0. The number of hydrogen-bond acceptors (Lipinski definition) is 6. The number of ether oxygens (including phenoxy) is 3. The molecule has 0 aliphatic rings. The first-order chi connectivity index (χ1) is 38.0. The monoisotopic (exact) mass is 1070 g/mol. The Morgan fingerprint density at radius 3 is 0.844 bits per heavy atom. The Hall–Kier alpha value is -3.67. The summed E-state index contributed by atoms with van der Waals surface area (Å²) >= 11 is 0. The van der Waals surface area contributed by atoms with Crippen molar-refractivity contribution in [3.05, 3.63) is 97.2 Å². The molecule has 442 valence electrons. The summed E-state index contributed by atoms with van der Waals surface area (Å²) in [5.41, 5.74) is 0. The zero-order valence-electron chi connectivity index (χ0n) is 50.7. The van der Waals surface area contributed by atoms with Crippen molar-refractivity contribution < 1.29 is 28.6 Å². The molecule has 0 aliphatic carbocycles. The van der Waals surface area contributed by atoms with Gasteiger partial charge in [0.15, 0.2) is 6.10 Å². The second-order valence-electron chi connectivity index (χ2n) is 21.6. The van der Waals surface area contributed by atoms with Gasteiger partial charge in [-0.15, -0.1) is 0 Å². The third kappa shape index (κ3) is 63.0. The molecule has 0 radical (unpaired) electrons. The first-order valence-corrected chi connectivity index (χ1v) is 32.7. The van der Waals surface area contributed by atoms with Gasteiger partial charge >= 0.3 is 17.9 Å². The van der Waals surface area contributed by atoms with Gasteiger partial charge in [0.05, 0.1) is 0 Å². The predicted octanol–water partition coefficient (Wildman–Crippen LogP) is 22.4. The number of hydrogen-bond donors (Lipinski definition) is 0. The van der Waals surface area contributed by atoms with E-state index in [-0.39, 0.29) is 31.1 Å². The average molecular weight is 1070 g/mol. The summed E-state index contributed by atoms with van der Waals surface area (Å²) in [5.74, 6) is -0.895. The van der Waals surface area contributed by atoms with Crippen molar-refractivity contribution in [3.8, 4) is 0 Å². The van der Waals surface area contributed by atoms with Crippen LogP contribution in [-0.2, 0) is 28.6 Å². The van der Waals surface area contributed by atoms with Crippen LogP contribution in [0.25, 0.3) is 0 Å². The summed E-state index contributed by atoms with van der Waals surface area (Å²) in [7, 11) is 0. The second-order valence-corrected chi connectivity index (χ2v) is 21.6. The molecule has 6 nitrogen and oxygen atoms in total. The van der Waals surface area contributed by atoms with Gasteiger partial charge in [-0.25, -0.2) is 0 Å². The second kappa shape index (κ2) is 64.9. The largest absolute Gasteiger partial charge is 0.462 e. The Kier molecular flexibility index (Phi) is 61.8. The molecule has 0 N–H and O–H groups in total. The van der Waals surface area contributed by atoms with Gasteiger partial charge in [0.2, 0.25) is 0 Å². The van der Waals surface area contributed by atoms with Crippen LogP contribution in [0.3, 0.4) is 0 Å². The van der Waals surface area contributed by atoms with Gasteiger partial charge in [0.1, 0.15) is 13.2 Å². The molecular weight excluding hydrogens is 949 g/mol. The van der Waals surface area contributed by atoms with Crippen molar-refractivity contribution in [3.63, 3.8) is 0 Å². The topological polar surface area (TPSA) is 78.9 Å². The highest BCUT2D eigenvalue weighted by molar-refractivity contribution is 5.71. The first kappa shape index (κ1) is 73.3. The van der Waals surface area contributed by atoms with E-state index < -0.39 is 6.10 Å². The number of unbranched alkanes of at least 4 members (excludes halogenated alkanes) is 32. The summed E-state index contributed by atoms with van der Waals surface area (Å²) < 4.78 is 16.9. The van der Waals surface area contributed by atoms with Gasteiger partial charge in [-0.1, -0.05) is 279 Å². The van der Waals surface area contributed by atoms with E-state index in [4.69, 9.17) is 14.2 Å². The van der Waals surface area contributed by atoms with Crippen LogP contribution in [0, 0.1) is 0 Å². The number of allylic oxidation sites excluding steroid dienone is 16. The van der Waals surface area contributed by atoms with Crippen LogP contribution >= 0.6 is 0 Å². The quantitative estimate of drug-likeness (QED) is 0.0261. The molecule has 0 amide bonds. The molecule has 0 heterocycles. The van der Waals surface area contributed by atoms with E-state index in [1.165, 1.54) is 167 Å². The summed E-state index contributed by atoms with van der Waals surface area (Å²) in [4.78, 5) is 38.3. The zero-order valence-corrected chi connectivity index (χ0v) is 50.7. The minimum atomic E-state index is -0.788. The minimum Gasteiger partial charge on any atom is -0.462 e. The minimum absolute atomic E-state index is 0.0842. The molecule has 0 aliphatic heterocycles. The van der Waals surface area contributed by atoms with Crippen molar-refractivity contribution in [2.45, 2.75) is 322 Å². The normalized spacial score (nSPS) is 12.7. The molecule has 0 aromatic rings. The molecule has 0 aromatic carbocycles. The number of esters is 3. The van der Waals surface area contributed by atoms with Crippen LogP contribution in [0.15, 0.2) is 97.2 Å². The Balaban J connectivity index is 4.32. The highest BCUT2D eigenvalue weighted by atomic mass is 16.6. The SMILES string of the molecule is CC/C=C\C/C=C\C/C=C\C/C=C\C/C=C\CCCCCCCCCCCCCC(=O)OCC(COC(=O)CCCCCCC/C=C\C/C=C\CCCC)OC(=O)CCCCCCCCC/C=C\CCCCCCCCC.